The molecule has 0 bridgehead atoms. The highest BCUT2D eigenvalue weighted by atomic mass is 32.1. The molecule has 2 atom stereocenters. The van der Waals surface area contributed by atoms with Gasteiger partial charge in [-0.1, -0.05) is 11.3 Å². The fraction of sp³-hybridized carbons (Fsp3) is 0.500. The standard InChI is InChI=1S/C18H21FN6O2S/c1-11-6-18(3,27-15-9-21-13(7-20)8-22-15)4-5-25(11)10-14-16(19)24-17(28-14)23-12(2)26/h8-9,11H,4-6,10H2,1-3H3,(H,23,24,26)/t11?,18-/m1/s1. The van der Waals surface area contributed by atoms with Crippen LogP contribution in [0.15, 0.2) is 12.4 Å². The molecule has 0 saturated carbocycles. The van der Waals surface area contributed by atoms with E-state index in [1.54, 1.807) is 0 Å². The molecule has 3 heterocycles. The van der Waals surface area contributed by atoms with Gasteiger partial charge in [0, 0.05) is 32.5 Å². The Morgan fingerprint density at radius 3 is 2.93 bits per heavy atom. The van der Waals surface area contributed by atoms with Gasteiger partial charge in [-0.25, -0.2) is 9.97 Å². The molecule has 1 aliphatic rings. The first-order chi connectivity index (χ1) is 13.3. The number of carbonyl (C=O) groups is 1. The third-order valence-corrected chi connectivity index (χ3v) is 5.58. The summed E-state index contributed by atoms with van der Waals surface area (Å²) >= 11 is 1.15. The molecular formula is C18H21FN6O2S. The number of hydrogen-bond donors (Lipinski definition) is 1. The number of halogens is 1. The summed E-state index contributed by atoms with van der Waals surface area (Å²) in [5, 5.41) is 11.6. The Kier molecular flexibility index (Phi) is 5.86. The minimum Gasteiger partial charge on any atom is -0.470 e. The monoisotopic (exact) mass is 404 g/mol. The predicted molar refractivity (Wildman–Crippen MR) is 101 cm³/mol. The fourth-order valence-electron chi connectivity index (χ4n) is 3.28. The maximum Gasteiger partial charge on any atom is 0.232 e. The van der Waals surface area contributed by atoms with Gasteiger partial charge in [-0.15, -0.1) is 0 Å². The SMILES string of the molecule is CC(=O)Nc1nc(F)c(CN2CC[C@@](C)(Oc3cnc(C#N)cn3)CC2C)s1. The maximum absolute atomic E-state index is 14.1. The molecule has 1 fully saturated rings. The zero-order valence-electron chi connectivity index (χ0n) is 15.9. The molecule has 3 rings (SSSR count). The van der Waals surface area contributed by atoms with Crippen LogP contribution in [-0.2, 0) is 11.3 Å². The van der Waals surface area contributed by atoms with Crippen molar-refractivity contribution in [1.29, 1.82) is 5.26 Å². The second-order valence-corrected chi connectivity index (χ2v) is 8.18. The van der Waals surface area contributed by atoms with Crippen LogP contribution in [0.5, 0.6) is 5.88 Å². The lowest BCUT2D eigenvalue weighted by Crippen LogP contribution is -2.50. The van der Waals surface area contributed by atoms with E-state index in [2.05, 4.69) is 32.1 Å². The van der Waals surface area contributed by atoms with Crippen LogP contribution >= 0.6 is 11.3 Å². The van der Waals surface area contributed by atoms with Crippen LogP contribution in [0.2, 0.25) is 0 Å². The van der Waals surface area contributed by atoms with E-state index in [-0.39, 0.29) is 22.8 Å². The number of thiazole rings is 1. The molecule has 0 spiro atoms. The lowest BCUT2D eigenvalue weighted by molar-refractivity contribution is -0.114. The van der Waals surface area contributed by atoms with Crippen molar-refractivity contribution in [2.24, 2.45) is 0 Å². The molecule has 0 radical (unpaired) electrons. The molecule has 0 aliphatic carbocycles. The number of anilines is 1. The zero-order valence-corrected chi connectivity index (χ0v) is 16.7. The van der Waals surface area contributed by atoms with Crippen molar-refractivity contribution in [3.05, 3.63) is 28.9 Å². The molecule has 1 unspecified atom stereocenters. The van der Waals surface area contributed by atoms with Crippen molar-refractivity contribution in [2.45, 2.75) is 51.8 Å². The number of nitrogens with zero attached hydrogens (tertiary/aromatic N) is 5. The van der Waals surface area contributed by atoms with E-state index in [1.807, 2.05) is 13.0 Å². The highest BCUT2D eigenvalue weighted by Crippen LogP contribution is 2.33. The number of carbonyl (C=O) groups excluding carboxylic acids is 1. The van der Waals surface area contributed by atoms with Gasteiger partial charge in [0.2, 0.25) is 17.7 Å². The van der Waals surface area contributed by atoms with Crippen molar-refractivity contribution < 1.29 is 13.9 Å². The number of piperidine rings is 1. The Morgan fingerprint density at radius 2 is 2.32 bits per heavy atom. The number of aromatic nitrogens is 3. The molecule has 28 heavy (non-hydrogen) atoms. The van der Waals surface area contributed by atoms with E-state index in [1.165, 1.54) is 19.3 Å². The van der Waals surface area contributed by atoms with Gasteiger partial charge in [-0.05, 0) is 20.3 Å². The van der Waals surface area contributed by atoms with E-state index < -0.39 is 11.5 Å². The maximum atomic E-state index is 14.1. The van der Waals surface area contributed by atoms with Crippen LogP contribution in [0.25, 0.3) is 0 Å². The number of nitriles is 1. The predicted octanol–water partition coefficient (Wildman–Crippen LogP) is 2.72. The van der Waals surface area contributed by atoms with Gasteiger partial charge in [0.05, 0.1) is 17.3 Å². The average Bonchev–Trinajstić information content (AvgIpc) is 2.96. The van der Waals surface area contributed by atoms with E-state index in [4.69, 9.17) is 10.00 Å². The number of nitrogens with one attached hydrogen (secondary N) is 1. The van der Waals surface area contributed by atoms with Crippen LogP contribution < -0.4 is 10.1 Å². The normalized spacial score (nSPS) is 22.5. The largest absolute Gasteiger partial charge is 0.470 e. The van der Waals surface area contributed by atoms with Crippen LogP contribution in [0.4, 0.5) is 9.52 Å². The Bertz CT molecular complexity index is 896. The van der Waals surface area contributed by atoms with Gasteiger partial charge in [-0.3, -0.25) is 9.69 Å². The molecular weight excluding hydrogens is 383 g/mol. The summed E-state index contributed by atoms with van der Waals surface area (Å²) in [6, 6.07) is 2.08. The summed E-state index contributed by atoms with van der Waals surface area (Å²) in [6.45, 7) is 6.59. The summed E-state index contributed by atoms with van der Waals surface area (Å²) in [5.74, 6) is -0.431. The quantitative estimate of drug-likeness (QED) is 0.817. The summed E-state index contributed by atoms with van der Waals surface area (Å²) in [5.41, 5.74) is -0.183. The van der Waals surface area contributed by atoms with Gasteiger partial charge in [0.25, 0.3) is 0 Å². The fourth-order valence-corrected chi connectivity index (χ4v) is 4.20. The minimum absolute atomic E-state index is 0.149. The van der Waals surface area contributed by atoms with E-state index >= 15 is 0 Å². The molecule has 2 aromatic heterocycles. The van der Waals surface area contributed by atoms with Crippen LogP contribution in [0.1, 0.15) is 44.2 Å². The molecule has 0 aromatic carbocycles. The van der Waals surface area contributed by atoms with Crippen molar-refractivity contribution in [1.82, 2.24) is 19.9 Å². The summed E-state index contributed by atoms with van der Waals surface area (Å²) in [4.78, 5) is 25.7. The smallest absolute Gasteiger partial charge is 0.232 e. The molecule has 1 N–H and O–H groups in total. The third-order valence-electron chi connectivity index (χ3n) is 4.65. The van der Waals surface area contributed by atoms with E-state index in [0.717, 1.165) is 24.2 Å². The van der Waals surface area contributed by atoms with E-state index in [0.29, 0.717) is 23.8 Å². The Balaban J connectivity index is 1.62. The molecule has 1 amide bonds. The lowest BCUT2D eigenvalue weighted by atomic mass is 9.88. The number of ether oxygens (including phenoxy) is 1. The van der Waals surface area contributed by atoms with Gasteiger partial charge in [0.1, 0.15) is 11.7 Å². The van der Waals surface area contributed by atoms with Crippen molar-refractivity contribution in [3.8, 4) is 11.9 Å². The van der Waals surface area contributed by atoms with Crippen molar-refractivity contribution >= 4 is 22.4 Å². The summed E-state index contributed by atoms with van der Waals surface area (Å²) in [7, 11) is 0. The molecule has 1 aliphatic heterocycles. The second-order valence-electron chi connectivity index (χ2n) is 7.09. The third kappa shape index (κ3) is 4.79. The Labute approximate surface area is 166 Å². The zero-order chi connectivity index (χ0) is 20.3. The minimum atomic E-state index is -0.543. The Hall–Kier alpha value is -2.64. The Morgan fingerprint density at radius 1 is 1.54 bits per heavy atom. The van der Waals surface area contributed by atoms with Crippen LogP contribution in [-0.4, -0.2) is 43.9 Å². The highest BCUT2D eigenvalue weighted by molar-refractivity contribution is 7.15. The lowest BCUT2D eigenvalue weighted by Gasteiger charge is -2.43. The number of likely N-dealkylation sites (tertiary alicyclic amines) is 1. The van der Waals surface area contributed by atoms with Gasteiger partial charge < -0.3 is 10.1 Å². The molecule has 8 nitrogen and oxygen atoms in total. The first-order valence-corrected chi connectivity index (χ1v) is 9.67. The molecule has 1 saturated heterocycles. The molecule has 2 aromatic rings. The number of rotatable bonds is 5. The average molecular weight is 404 g/mol. The first-order valence-electron chi connectivity index (χ1n) is 8.86. The van der Waals surface area contributed by atoms with Crippen LogP contribution in [0.3, 0.4) is 0 Å². The van der Waals surface area contributed by atoms with Crippen molar-refractivity contribution in [3.63, 3.8) is 0 Å². The molecule has 148 valence electrons. The molecule has 10 heteroatoms. The summed E-state index contributed by atoms with van der Waals surface area (Å²) in [6.07, 6.45) is 4.30. The number of amides is 1. The van der Waals surface area contributed by atoms with E-state index in [9.17, 15) is 9.18 Å². The topological polar surface area (TPSA) is 104 Å². The van der Waals surface area contributed by atoms with Gasteiger partial charge in [-0.2, -0.15) is 14.6 Å². The first kappa shape index (κ1) is 20.1. The second kappa shape index (κ2) is 8.16. The summed E-state index contributed by atoms with van der Waals surface area (Å²) < 4.78 is 20.1. The highest BCUT2D eigenvalue weighted by Gasteiger charge is 2.37. The van der Waals surface area contributed by atoms with Crippen molar-refractivity contribution in [2.75, 3.05) is 11.9 Å². The van der Waals surface area contributed by atoms with Crippen LogP contribution in [0, 0.1) is 17.3 Å². The number of hydrogen-bond acceptors (Lipinski definition) is 8. The van der Waals surface area contributed by atoms with Gasteiger partial charge >= 0.3 is 0 Å². The van der Waals surface area contributed by atoms with Gasteiger partial charge in [0.15, 0.2) is 10.8 Å².